The second-order valence-electron chi connectivity index (χ2n) is 12.8. The molecule has 2 aliphatic heterocycles. The molecule has 0 unspecified atom stereocenters. The Morgan fingerprint density at radius 3 is 2.49 bits per heavy atom. The van der Waals surface area contributed by atoms with Crippen molar-refractivity contribution >= 4 is 38.8 Å². The van der Waals surface area contributed by atoms with E-state index in [0.717, 1.165) is 37.2 Å². The average molecular weight is 653 g/mol. The first-order valence-corrected chi connectivity index (χ1v) is 18.3. The number of halogens is 1. The van der Waals surface area contributed by atoms with E-state index in [1.165, 1.54) is 50.9 Å². The van der Waals surface area contributed by atoms with E-state index in [9.17, 15) is 8.42 Å². The number of hydrogen-bond acceptors (Lipinski definition) is 8. The lowest BCUT2D eigenvalue weighted by molar-refractivity contribution is 0.141. The Hall–Kier alpha value is -2.92. The van der Waals surface area contributed by atoms with Crippen molar-refractivity contribution in [3.8, 4) is 5.75 Å². The number of likely N-dealkylation sites (tertiary alicyclic amines) is 1. The van der Waals surface area contributed by atoms with Gasteiger partial charge in [0.25, 0.3) is 0 Å². The zero-order valence-electron chi connectivity index (χ0n) is 26.3. The summed E-state index contributed by atoms with van der Waals surface area (Å²) in [5, 5.41) is 3.46. The van der Waals surface area contributed by atoms with Crippen LogP contribution in [0.2, 0.25) is 5.02 Å². The summed E-state index contributed by atoms with van der Waals surface area (Å²) in [5.74, 6) is 2.16. The van der Waals surface area contributed by atoms with Gasteiger partial charge in [0.15, 0.2) is 5.82 Å². The molecule has 45 heavy (non-hydrogen) atoms. The smallest absolute Gasteiger partial charge is 0.242 e. The molecule has 2 saturated heterocycles. The van der Waals surface area contributed by atoms with Crippen molar-refractivity contribution in [3.63, 3.8) is 0 Å². The Balaban J connectivity index is 1.17. The van der Waals surface area contributed by atoms with Gasteiger partial charge in [0.05, 0.1) is 18.0 Å². The zero-order chi connectivity index (χ0) is 31.4. The van der Waals surface area contributed by atoms with Crippen LogP contribution in [-0.4, -0.2) is 68.2 Å². The van der Waals surface area contributed by atoms with Gasteiger partial charge in [-0.25, -0.2) is 23.1 Å². The Bertz CT molecular complexity index is 1570. The largest absolute Gasteiger partial charge is 0.491 e. The standard InChI is InChI=1S/C34H45ClN6O3S/c1-24(2)44-31-21-28(41-18-14-27(15-19-41)40-16-6-3-7-17-40)13-12-26(31)20-33-36-23-29(35)34(39-33)38-30-8-4-5-9-32(30)45(42,43)37-22-25-10-11-25/h4-5,8-9,12-13,21,23-25,27,37H,3,6-7,10-11,14-20,22H2,1-2H3,(H,36,38,39). The molecule has 3 fully saturated rings. The van der Waals surface area contributed by atoms with Gasteiger partial charge in [-0.05, 0) is 89.6 Å². The highest BCUT2D eigenvalue weighted by atomic mass is 35.5. The normalized spacial score (nSPS) is 18.4. The third-order valence-corrected chi connectivity index (χ3v) is 10.7. The fraction of sp³-hybridized carbons (Fsp3) is 0.529. The van der Waals surface area contributed by atoms with Crippen molar-refractivity contribution < 1.29 is 13.2 Å². The fourth-order valence-corrected chi connectivity index (χ4v) is 7.74. The lowest BCUT2D eigenvalue weighted by Crippen LogP contribution is -2.46. The number of benzene rings is 2. The van der Waals surface area contributed by atoms with Crippen LogP contribution in [0.4, 0.5) is 17.2 Å². The highest BCUT2D eigenvalue weighted by molar-refractivity contribution is 7.89. The van der Waals surface area contributed by atoms with Gasteiger partial charge in [-0.15, -0.1) is 0 Å². The molecule has 1 aromatic heterocycles. The van der Waals surface area contributed by atoms with Crippen LogP contribution < -0.4 is 19.7 Å². The van der Waals surface area contributed by atoms with Crippen LogP contribution in [0, 0.1) is 5.92 Å². The van der Waals surface area contributed by atoms with Crippen molar-refractivity contribution in [3.05, 3.63) is 65.1 Å². The number of sulfonamides is 1. The summed E-state index contributed by atoms with van der Waals surface area (Å²) in [4.78, 5) is 14.6. The predicted octanol–water partition coefficient (Wildman–Crippen LogP) is 6.39. The summed E-state index contributed by atoms with van der Waals surface area (Å²) in [5.41, 5.74) is 2.57. The maximum Gasteiger partial charge on any atom is 0.242 e. The lowest BCUT2D eigenvalue weighted by atomic mass is 9.99. The van der Waals surface area contributed by atoms with E-state index in [1.54, 1.807) is 30.5 Å². The van der Waals surface area contributed by atoms with Crippen molar-refractivity contribution in [2.45, 2.75) is 82.3 Å². The van der Waals surface area contributed by atoms with Crippen molar-refractivity contribution in [2.75, 3.05) is 42.9 Å². The summed E-state index contributed by atoms with van der Waals surface area (Å²) in [6, 6.07) is 13.9. The number of hydrogen-bond donors (Lipinski definition) is 2. The van der Waals surface area contributed by atoms with Gasteiger partial charge < -0.3 is 19.9 Å². The Morgan fingerprint density at radius 2 is 1.76 bits per heavy atom. The first-order valence-electron chi connectivity index (χ1n) is 16.4. The molecule has 0 bridgehead atoms. The topological polar surface area (TPSA) is 99.7 Å². The molecule has 3 aliphatic rings. The van der Waals surface area contributed by atoms with Crippen LogP contribution in [0.25, 0.3) is 0 Å². The minimum atomic E-state index is -3.70. The first kappa shape index (κ1) is 32.0. The third kappa shape index (κ3) is 8.27. The van der Waals surface area contributed by atoms with E-state index < -0.39 is 10.0 Å². The summed E-state index contributed by atoms with van der Waals surface area (Å²) in [6.45, 7) is 9.11. The monoisotopic (exact) mass is 652 g/mol. The second-order valence-corrected chi connectivity index (χ2v) is 15.0. The van der Waals surface area contributed by atoms with Crippen molar-refractivity contribution in [1.29, 1.82) is 0 Å². The van der Waals surface area contributed by atoms with Crippen LogP contribution in [-0.2, 0) is 16.4 Å². The average Bonchev–Trinajstić information content (AvgIpc) is 3.88. The molecule has 2 aromatic carbocycles. The number of aromatic nitrogens is 2. The fourth-order valence-electron chi connectivity index (χ4n) is 6.33. The molecule has 3 heterocycles. The highest BCUT2D eigenvalue weighted by Gasteiger charge is 2.27. The molecule has 0 atom stereocenters. The minimum Gasteiger partial charge on any atom is -0.491 e. The molecular weight excluding hydrogens is 608 g/mol. The van der Waals surface area contributed by atoms with Gasteiger partial charge in [-0.2, -0.15) is 0 Å². The third-order valence-electron chi connectivity index (χ3n) is 8.98. The first-order chi connectivity index (χ1) is 21.7. The molecule has 6 rings (SSSR count). The van der Waals surface area contributed by atoms with Gasteiger partial charge in [-0.3, -0.25) is 0 Å². The number of ether oxygens (including phenoxy) is 1. The van der Waals surface area contributed by atoms with Gasteiger partial charge in [0, 0.05) is 49.4 Å². The zero-order valence-corrected chi connectivity index (χ0v) is 27.9. The number of nitrogens with one attached hydrogen (secondary N) is 2. The molecule has 2 N–H and O–H groups in total. The summed E-state index contributed by atoms with van der Waals surface area (Å²) >= 11 is 6.51. The molecule has 1 saturated carbocycles. The van der Waals surface area contributed by atoms with E-state index in [2.05, 4.69) is 43.0 Å². The number of nitrogens with zero attached hydrogens (tertiary/aromatic N) is 4. The van der Waals surface area contributed by atoms with Gasteiger partial charge >= 0.3 is 0 Å². The number of anilines is 3. The molecule has 1 aliphatic carbocycles. The quantitative estimate of drug-likeness (QED) is 0.232. The molecule has 11 heteroatoms. The Morgan fingerprint density at radius 1 is 1.00 bits per heavy atom. The lowest BCUT2D eigenvalue weighted by Gasteiger charge is -2.41. The highest BCUT2D eigenvalue weighted by Crippen LogP contribution is 2.33. The Kier molecular flexibility index (Phi) is 10.1. The van der Waals surface area contributed by atoms with Crippen molar-refractivity contribution in [2.24, 2.45) is 5.92 Å². The summed E-state index contributed by atoms with van der Waals surface area (Å²) in [7, 11) is -3.70. The number of rotatable bonds is 12. The van der Waals surface area contributed by atoms with Gasteiger partial charge in [-0.1, -0.05) is 36.2 Å². The SMILES string of the molecule is CC(C)Oc1cc(N2CCC(N3CCCCC3)CC2)ccc1Cc1ncc(Cl)c(Nc2ccccc2S(=O)(=O)NCC2CC2)n1. The number of para-hydroxylation sites is 1. The number of piperidine rings is 2. The predicted molar refractivity (Wildman–Crippen MR) is 180 cm³/mol. The molecular formula is C34H45ClN6O3S. The van der Waals surface area contributed by atoms with Crippen LogP contribution >= 0.6 is 11.6 Å². The van der Waals surface area contributed by atoms with E-state index in [0.29, 0.717) is 47.3 Å². The van der Waals surface area contributed by atoms with Gasteiger partial charge in [0.1, 0.15) is 21.5 Å². The van der Waals surface area contributed by atoms with Crippen LogP contribution in [0.15, 0.2) is 53.6 Å². The van der Waals surface area contributed by atoms with Crippen LogP contribution in [0.1, 0.15) is 70.2 Å². The van der Waals surface area contributed by atoms with E-state index in [4.69, 9.17) is 21.3 Å². The maximum atomic E-state index is 13.1. The van der Waals surface area contributed by atoms with Crippen LogP contribution in [0.5, 0.6) is 5.75 Å². The molecule has 0 radical (unpaired) electrons. The maximum absolute atomic E-state index is 13.1. The molecule has 242 valence electrons. The minimum absolute atomic E-state index is 0.0131. The Labute approximate surface area is 272 Å². The molecule has 9 nitrogen and oxygen atoms in total. The molecule has 0 spiro atoms. The molecule has 3 aromatic rings. The molecule has 0 amide bonds. The summed E-state index contributed by atoms with van der Waals surface area (Å²) in [6.07, 6.45) is 10.5. The van der Waals surface area contributed by atoms with E-state index in [-0.39, 0.29) is 11.0 Å². The van der Waals surface area contributed by atoms with E-state index in [1.807, 2.05) is 13.8 Å². The van der Waals surface area contributed by atoms with E-state index >= 15 is 0 Å². The van der Waals surface area contributed by atoms with Crippen molar-refractivity contribution in [1.82, 2.24) is 19.6 Å². The van der Waals surface area contributed by atoms with Crippen LogP contribution in [0.3, 0.4) is 0 Å². The van der Waals surface area contributed by atoms with Gasteiger partial charge in [0.2, 0.25) is 10.0 Å². The summed E-state index contributed by atoms with van der Waals surface area (Å²) < 4.78 is 35.2. The second kappa shape index (κ2) is 14.2.